The summed E-state index contributed by atoms with van der Waals surface area (Å²) >= 11 is 0. The lowest BCUT2D eigenvalue weighted by atomic mass is 9.98. The molecule has 0 unspecified atom stereocenters. The summed E-state index contributed by atoms with van der Waals surface area (Å²) in [5.41, 5.74) is 8.75. The highest BCUT2D eigenvalue weighted by atomic mass is 14.7. The van der Waals surface area contributed by atoms with Crippen LogP contribution in [0.15, 0.2) is 6.07 Å². The normalized spacial score (nSPS) is 14.9. The van der Waals surface area contributed by atoms with E-state index in [2.05, 4.69) is 31.8 Å². The molecule has 0 fully saturated rings. The van der Waals surface area contributed by atoms with Gasteiger partial charge in [0.15, 0.2) is 0 Å². The van der Waals surface area contributed by atoms with Crippen LogP contribution in [0.5, 0.6) is 0 Å². The third-order valence-corrected chi connectivity index (χ3v) is 3.96. The van der Waals surface area contributed by atoms with Crippen molar-refractivity contribution >= 4 is 10.9 Å². The number of aromatic amines is 1. The summed E-state index contributed by atoms with van der Waals surface area (Å²) in [5, 5.41) is 1.51. The Hall–Kier alpha value is -1.24. The van der Waals surface area contributed by atoms with Gasteiger partial charge < -0.3 is 4.98 Å². The number of rotatable bonds is 0. The summed E-state index contributed by atoms with van der Waals surface area (Å²) in [5.74, 6) is 0. The van der Waals surface area contributed by atoms with Crippen LogP contribution in [0.2, 0.25) is 0 Å². The standard InChI is InChI=1S/C14H17N/c1-8-7-13-14(10(3)9(8)2)11-5-4-6-12(11)15-13/h7,15H,4-6H2,1-3H3. The van der Waals surface area contributed by atoms with E-state index in [0.29, 0.717) is 0 Å². The van der Waals surface area contributed by atoms with Crippen LogP contribution in [0.4, 0.5) is 0 Å². The smallest absolute Gasteiger partial charge is 0.0464 e. The Labute approximate surface area is 90.5 Å². The Bertz CT molecular complexity index is 546. The van der Waals surface area contributed by atoms with Gasteiger partial charge in [-0.25, -0.2) is 0 Å². The van der Waals surface area contributed by atoms with Crippen molar-refractivity contribution in [2.45, 2.75) is 40.0 Å². The molecule has 1 heteroatoms. The van der Waals surface area contributed by atoms with Crippen molar-refractivity contribution in [2.75, 3.05) is 0 Å². The maximum atomic E-state index is 3.58. The first-order chi connectivity index (χ1) is 7.18. The Morgan fingerprint density at radius 3 is 2.67 bits per heavy atom. The van der Waals surface area contributed by atoms with E-state index in [4.69, 9.17) is 0 Å². The first-order valence-electron chi connectivity index (χ1n) is 5.78. The zero-order valence-electron chi connectivity index (χ0n) is 9.70. The molecule has 1 aliphatic rings. The number of fused-ring (bicyclic) bond motifs is 3. The second-order valence-corrected chi connectivity index (χ2v) is 4.80. The van der Waals surface area contributed by atoms with E-state index in [9.17, 15) is 0 Å². The van der Waals surface area contributed by atoms with E-state index < -0.39 is 0 Å². The molecule has 1 N–H and O–H groups in total. The lowest BCUT2D eigenvalue weighted by Gasteiger charge is -2.07. The molecule has 0 atom stereocenters. The second-order valence-electron chi connectivity index (χ2n) is 4.80. The number of hydrogen-bond acceptors (Lipinski definition) is 0. The average molecular weight is 199 g/mol. The monoisotopic (exact) mass is 199 g/mol. The Kier molecular flexibility index (Phi) is 1.73. The van der Waals surface area contributed by atoms with Gasteiger partial charge in [0.05, 0.1) is 0 Å². The summed E-state index contributed by atoms with van der Waals surface area (Å²) in [6.07, 6.45) is 3.82. The Morgan fingerprint density at radius 2 is 1.87 bits per heavy atom. The zero-order valence-corrected chi connectivity index (χ0v) is 9.70. The highest BCUT2D eigenvalue weighted by Gasteiger charge is 2.19. The van der Waals surface area contributed by atoms with Gasteiger partial charge in [0.1, 0.15) is 0 Å². The number of aryl methyl sites for hydroxylation is 4. The van der Waals surface area contributed by atoms with Crippen LogP contribution in [-0.2, 0) is 12.8 Å². The van der Waals surface area contributed by atoms with Gasteiger partial charge in [0.25, 0.3) is 0 Å². The fourth-order valence-electron chi connectivity index (χ4n) is 2.89. The minimum absolute atomic E-state index is 1.24. The Morgan fingerprint density at radius 1 is 1.07 bits per heavy atom. The van der Waals surface area contributed by atoms with E-state index >= 15 is 0 Å². The van der Waals surface area contributed by atoms with Gasteiger partial charge in [-0.05, 0) is 68.4 Å². The van der Waals surface area contributed by atoms with Gasteiger partial charge in [0, 0.05) is 16.6 Å². The fraction of sp³-hybridized carbons (Fsp3) is 0.429. The van der Waals surface area contributed by atoms with Crippen LogP contribution in [0.1, 0.15) is 34.4 Å². The molecular weight excluding hydrogens is 182 g/mol. The number of nitrogens with one attached hydrogen (secondary N) is 1. The molecule has 1 aromatic carbocycles. The first kappa shape index (κ1) is 9.02. The maximum absolute atomic E-state index is 3.58. The summed E-state index contributed by atoms with van der Waals surface area (Å²) in [6.45, 7) is 6.70. The number of H-pyrrole nitrogens is 1. The molecule has 1 aromatic heterocycles. The largest absolute Gasteiger partial charge is 0.358 e. The maximum Gasteiger partial charge on any atom is 0.0464 e. The summed E-state index contributed by atoms with van der Waals surface area (Å²) in [4.78, 5) is 3.58. The molecule has 15 heavy (non-hydrogen) atoms. The molecule has 0 aliphatic heterocycles. The third kappa shape index (κ3) is 1.09. The van der Waals surface area contributed by atoms with Crippen molar-refractivity contribution in [3.63, 3.8) is 0 Å². The third-order valence-electron chi connectivity index (χ3n) is 3.96. The van der Waals surface area contributed by atoms with Crippen molar-refractivity contribution in [2.24, 2.45) is 0 Å². The van der Waals surface area contributed by atoms with Crippen LogP contribution >= 0.6 is 0 Å². The van der Waals surface area contributed by atoms with E-state index in [1.54, 1.807) is 5.56 Å². The van der Waals surface area contributed by atoms with E-state index in [1.165, 1.54) is 52.5 Å². The molecule has 1 aliphatic carbocycles. The molecule has 1 nitrogen and oxygen atoms in total. The SMILES string of the molecule is Cc1cc2[nH]c3c(c2c(C)c1C)CCC3. The molecule has 0 radical (unpaired) electrons. The molecule has 78 valence electrons. The molecule has 0 spiro atoms. The number of benzene rings is 1. The minimum Gasteiger partial charge on any atom is -0.358 e. The summed E-state index contributed by atoms with van der Waals surface area (Å²) in [6, 6.07) is 2.30. The van der Waals surface area contributed by atoms with Crippen molar-refractivity contribution in [3.8, 4) is 0 Å². The summed E-state index contributed by atoms with van der Waals surface area (Å²) in [7, 11) is 0. The van der Waals surface area contributed by atoms with Crippen LogP contribution in [0, 0.1) is 20.8 Å². The van der Waals surface area contributed by atoms with Gasteiger partial charge in [-0.15, -0.1) is 0 Å². The number of aromatic nitrogens is 1. The predicted molar refractivity (Wildman–Crippen MR) is 64.5 cm³/mol. The van der Waals surface area contributed by atoms with Crippen LogP contribution in [0.3, 0.4) is 0 Å². The molecular formula is C14H17N. The molecule has 0 amide bonds. The zero-order chi connectivity index (χ0) is 10.6. The van der Waals surface area contributed by atoms with Crippen molar-refractivity contribution in [1.82, 2.24) is 4.98 Å². The van der Waals surface area contributed by atoms with Gasteiger partial charge >= 0.3 is 0 Å². The van der Waals surface area contributed by atoms with Crippen molar-refractivity contribution in [3.05, 3.63) is 34.0 Å². The minimum atomic E-state index is 1.24. The lowest BCUT2D eigenvalue weighted by molar-refractivity contribution is 0.898. The quantitative estimate of drug-likeness (QED) is 0.667. The lowest BCUT2D eigenvalue weighted by Crippen LogP contribution is -1.89. The fourth-order valence-corrected chi connectivity index (χ4v) is 2.89. The van der Waals surface area contributed by atoms with Crippen LogP contribution in [-0.4, -0.2) is 4.98 Å². The highest BCUT2D eigenvalue weighted by Crippen LogP contribution is 2.34. The Balaban J connectivity index is 2.46. The average Bonchev–Trinajstić information content (AvgIpc) is 2.73. The van der Waals surface area contributed by atoms with Gasteiger partial charge in [-0.3, -0.25) is 0 Å². The number of hydrogen-bond donors (Lipinski definition) is 1. The molecule has 0 saturated carbocycles. The molecule has 0 bridgehead atoms. The van der Waals surface area contributed by atoms with E-state index in [-0.39, 0.29) is 0 Å². The topological polar surface area (TPSA) is 15.8 Å². The molecule has 2 aromatic rings. The highest BCUT2D eigenvalue weighted by molar-refractivity contribution is 5.90. The molecule has 1 heterocycles. The molecule has 3 rings (SSSR count). The first-order valence-corrected chi connectivity index (χ1v) is 5.78. The van der Waals surface area contributed by atoms with Crippen LogP contribution < -0.4 is 0 Å². The second kappa shape index (κ2) is 2.88. The van der Waals surface area contributed by atoms with Gasteiger partial charge in [-0.1, -0.05) is 0 Å². The molecule has 0 saturated heterocycles. The van der Waals surface area contributed by atoms with Crippen molar-refractivity contribution < 1.29 is 0 Å². The van der Waals surface area contributed by atoms with Gasteiger partial charge in [-0.2, -0.15) is 0 Å². The predicted octanol–water partition coefficient (Wildman–Crippen LogP) is 3.58. The van der Waals surface area contributed by atoms with Crippen LogP contribution in [0.25, 0.3) is 10.9 Å². The van der Waals surface area contributed by atoms with Gasteiger partial charge in [0.2, 0.25) is 0 Å². The van der Waals surface area contributed by atoms with Crippen molar-refractivity contribution in [1.29, 1.82) is 0 Å². The van der Waals surface area contributed by atoms with E-state index in [0.717, 1.165) is 0 Å². The van der Waals surface area contributed by atoms with E-state index in [1.807, 2.05) is 0 Å². The summed E-state index contributed by atoms with van der Waals surface area (Å²) < 4.78 is 0.